The fourth-order valence-corrected chi connectivity index (χ4v) is 4.26. The van der Waals surface area contributed by atoms with E-state index in [1.54, 1.807) is 23.2 Å². The summed E-state index contributed by atoms with van der Waals surface area (Å²) >= 11 is 0. The summed E-state index contributed by atoms with van der Waals surface area (Å²) in [5, 5.41) is 0. The van der Waals surface area contributed by atoms with E-state index >= 15 is 0 Å². The summed E-state index contributed by atoms with van der Waals surface area (Å²) in [7, 11) is 0. The van der Waals surface area contributed by atoms with Crippen LogP contribution in [-0.2, 0) is 31.8 Å². The number of benzene rings is 1. The Balaban J connectivity index is 1.92. The zero-order valence-corrected chi connectivity index (χ0v) is 25.4. The Kier molecular flexibility index (Phi) is 14.9. The molecule has 2 aromatic rings. The maximum Gasteiger partial charge on any atom is 0.527 e. The highest BCUT2D eigenvalue weighted by Crippen LogP contribution is 2.48. The molecule has 0 spiro atoms. The first-order chi connectivity index (χ1) is 22.1. The molecule has 0 bridgehead atoms. The van der Waals surface area contributed by atoms with Crippen molar-refractivity contribution in [3.63, 3.8) is 0 Å². The lowest BCUT2D eigenvalue weighted by atomic mass is 9.95. The largest absolute Gasteiger partial charge is 0.527 e. The summed E-state index contributed by atoms with van der Waals surface area (Å²) in [4.78, 5) is 8.48. The lowest BCUT2D eigenvalue weighted by Gasteiger charge is -2.33. The Labute approximate surface area is 266 Å². The fraction of sp³-hybridized carbons (Fsp3) is 0.655. The molecular weight excluding hydrogens is 687 g/mol. The molecule has 0 radical (unpaired) electrons. The highest BCUT2D eigenvalue weighted by Gasteiger charge is 2.74. The van der Waals surface area contributed by atoms with Crippen molar-refractivity contribution in [3.05, 3.63) is 47.8 Å². The Hall–Kier alpha value is -2.77. The Morgan fingerprint density at radius 2 is 1.10 bits per heavy atom. The molecule has 2 rings (SSSR count). The lowest BCUT2D eigenvalue weighted by Crippen LogP contribution is -2.57. The quantitative estimate of drug-likeness (QED) is 0.0892. The van der Waals surface area contributed by atoms with Crippen LogP contribution in [-0.4, -0.2) is 60.1 Å². The van der Waals surface area contributed by atoms with Crippen LogP contribution in [0.5, 0.6) is 0 Å². The van der Waals surface area contributed by atoms with Crippen molar-refractivity contribution < 1.29 is 76.0 Å². The van der Waals surface area contributed by atoms with E-state index in [1.165, 1.54) is 0 Å². The third-order valence-corrected chi connectivity index (χ3v) is 6.54. The van der Waals surface area contributed by atoms with Crippen molar-refractivity contribution in [1.29, 1.82) is 0 Å². The fourth-order valence-electron chi connectivity index (χ4n) is 4.26. The molecule has 6 nitrogen and oxygen atoms in total. The number of unbranched alkanes of at least 4 members (excludes halogenated alkanes) is 6. The van der Waals surface area contributed by atoms with Gasteiger partial charge < -0.3 is 4.74 Å². The summed E-state index contributed by atoms with van der Waals surface area (Å²) in [6.07, 6.45) is -28.6. The van der Waals surface area contributed by atoms with E-state index in [9.17, 15) is 57.1 Å². The highest BCUT2D eigenvalue weighted by molar-refractivity contribution is 5.57. The average molecular weight is 721 g/mol. The molecule has 0 amide bonds. The molecule has 0 saturated heterocycles. The van der Waals surface area contributed by atoms with Crippen LogP contribution in [0.15, 0.2) is 36.7 Å². The van der Waals surface area contributed by atoms with Gasteiger partial charge in [-0.25, -0.2) is 24.2 Å². The minimum absolute atomic E-state index is 0.0618. The second-order valence-electron chi connectivity index (χ2n) is 10.5. The third-order valence-electron chi connectivity index (χ3n) is 6.54. The summed E-state index contributed by atoms with van der Waals surface area (Å²) in [6, 6.07) is 7.29. The van der Waals surface area contributed by atoms with Crippen molar-refractivity contribution in [2.24, 2.45) is 0 Å². The van der Waals surface area contributed by atoms with Gasteiger partial charge in [-0.1, -0.05) is 51.2 Å². The van der Waals surface area contributed by atoms with Crippen molar-refractivity contribution in [2.75, 3.05) is 13.2 Å². The number of alkyl halides is 13. The minimum atomic E-state index is -7.09. The van der Waals surface area contributed by atoms with Crippen molar-refractivity contribution in [1.82, 2.24) is 9.97 Å². The number of nitrogens with zero attached hydrogens (tertiary/aromatic N) is 2. The van der Waals surface area contributed by atoms with E-state index in [1.807, 2.05) is 22.9 Å². The van der Waals surface area contributed by atoms with E-state index in [0.29, 0.717) is 18.7 Å². The molecule has 0 N–H and O–H groups in total. The molecule has 48 heavy (non-hydrogen) atoms. The van der Waals surface area contributed by atoms with Crippen LogP contribution >= 0.6 is 0 Å². The molecule has 274 valence electrons. The zero-order chi connectivity index (χ0) is 36.3. The second-order valence-corrected chi connectivity index (χ2v) is 10.5. The molecule has 1 aromatic heterocycles. The molecule has 1 heterocycles. The van der Waals surface area contributed by atoms with Gasteiger partial charge in [-0.2, -0.15) is 43.9 Å². The van der Waals surface area contributed by atoms with E-state index in [-0.39, 0.29) is 6.42 Å². The number of hydrogen-bond acceptors (Lipinski definition) is 6. The van der Waals surface area contributed by atoms with Gasteiger partial charge in [0.05, 0.1) is 0 Å². The predicted octanol–water partition coefficient (Wildman–Crippen LogP) is 9.92. The summed E-state index contributed by atoms with van der Waals surface area (Å²) in [6.45, 7) is -0.534. The molecule has 1 aromatic carbocycles. The van der Waals surface area contributed by atoms with Crippen molar-refractivity contribution in [2.45, 2.75) is 108 Å². The molecule has 0 aliphatic rings. The Morgan fingerprint density at radius 1 is 0.583 bits per heavy atom. The number of hydrogen-bond donors (Lipinski definition) is 0. The lowest BCUT2D eigenvalue weighted by molar-refractivity contribution is -0.564. The topological polar surface area (TPSA) is 62.7 Å². The van der Waals surface area contributed by atoms with Gasteiger partial charge in [-0.15, -0.1) is 13.2 Å². The number of halogens is 13. The summed E-state index contributed by atoms with van der Waals surface area (Å²) < 4.78 is 180. The van der Waals surface area contributed by atoms with Gasteiger partial charge in [0, 0.05) is 24.6 Å². The molecule has 0 atom stereocenters. The van der Waals surface area contributed by atoms with E-state index in [2.05, 4.69) is 26.4 Å². The highest BCUT2D eigenvalue weighted by atomic mass is 19.4. The van der Waals surface area contributed by atoms with E-state index < -0.39 is 50.1 Å². The number of rotatable bonds is 22. The molecule has 0 unspecified atom stereocenters. The summed E-state index contributed by atoms with van der Waals surface area (Å²) in [5.74, 6) is 0.516. The van der Waals surface area contributed by atoms with Gasteiger partial charge in [0.2, 0.25) is 0 Å². The molecule has 0 aliphatic carbocycles. The molecule has 0 saturated carbocycles. The Bertz CT molecular complexity index is 1250. The van der Waals surface area contributed by atoms with Crippen LogP contribution in [0.1, 0.15) is 69.4 Å². The molecule has 0 fully saturated rings. The van der Waals surface area contributed by atoms with Gasteiger partial charge in [0.15, 0.2) is 5.82 Å². The maximum atomic E-state index is 13.8. The van der Waals surface area contributed by atoms with Crippen molar-refractivity contribution >= 4 is 0 Å². The average Bonchev–Trinajstić information content (AvgIpc) is 2.95. The van der Waals surface area contributed by atoms with Gasteiger partial charge in [-0.05, 0) is 55.4 Å². The molecule has 19 heteroatoms. The molecule has 0 aliphatic heterocycles. The maximum absolute atomic E-state index is 13.8. The first-order valence-electron chi connectivity index (χ1n) is 14.6. The first-order valence-corrected chi connectivity index (χ1v) is 14.6. The number of ether oxygens (including phenoxy) is 4. The van der Waals surface area contributed by atoms with Crippen LogP contribution < -0.4 is 0 Å². The van der Waals surface area contributed by atoms with Gasteiger partial charge >= 0.3 is 36.9 Å². The predicted molar refractivity (Wildman–Crippen MR) is 142 cm³/mol. The second kappa shape index (κ2) is 17.2. The smallest absolute Gasteiger partial charge is 0.372 e. The minimum Gasteiger partial charge on any atom is -0.372 e. The van der Waals surface area contributed by atoms with Crippen LogP contribution in [0.25, 0.3) is 11.4 Å². The number of aryl methyl sites for hydroxylation is 2. The van der Waals surface area contributed by atoms with E-state index in [0.717, 1.165) is 61.6 Å². The third kappa shape index (κ3) is 13.3. The van der Waals surface area contributed by atoms with Gasteiger partial charge in [0.1, 0.15) is 6.61 Å². The SMILES string of the molecule is CCCCCCCCc1cc(-c2ncccn2)ccc1CCCCOCC(F)(F)OC(F)(F)C(F)(F)OC(F)(F)C(F)(F)OC(F)(F)F. The van der Waals surface area contributed by atoms with Crippen LogP contribution in [0.4, 0.5) is 57.1 Å². The van der Waals surface area contributed by atoms with Crippen LogP contribution in [0.2, 0.25) is 0 Å². The standard InChI is InChI=1S/C29H33F13N2O4/c1-2-3-4-5-6-7-12-21-18-22(23-43-15-10-16-44-23)14-13-20(21)11-8-9-17-45-19-24(30,31)46-25(32,33)26(34,35)47-27(36,37)28(38,39)48-29(40,41)42/h10,13-16,18H,2-9,11-12,17,19H2,1H3. The molecular formula is C29H33F13N2O4. The van der Waals surface area contributed by atoms with Gasteiger partial charge in [0.25, 0.3) is 0 Å². The zero-order valence-electron chi connectivity index (χ0n) is 25.4. The van der Waals surface area contributed by atoms with E-state index in [4.69, 9.17) is 0 Å². The van der Waals surface area contributed by atoms with Crippen LogP contribution in [0.3, 0.4) is 0 Å². The first kappa shape index (κ1) is 41.4. The monoisotopic (exact) mass is 720 g/mol. The Morgan fingerprint density at radius 3 is 1.71 bits per heavy atom. The van der Waals surface area contributed by atoms with Crippen molar-refractivity contribution in [3.8, 4) is 11.4 Å². The van der Waals surface area contributed by atoms with Crippen LogP contribution in [0, 0.1) is 0 Å². The normalized spacial score (nSPS) is 13.7. The summed E-state index contributed by atoms with van der Waals surface area (Å²) in [5.41, 5.74) is 2.72. The van der Waals surface area contributed by atoms with Gasteiger partial charge in [-0.3, -0.25) is 0 Å². The number of aromatic nitrogens is 2.